The van der Waals surface area contributed by atoms with Gasteiger partial charge in [0.25, 0.3) is 0 Å². The van der Waals surface area contributed by atoms with Gasteiger partial charge in [0.05, 0.1) is 7.11 Å². The van der Waals surface area contributed by atoms with E-state index in [1.54, 1.807) is 7.11 Å². The summed E-state index contributed by atoms with van der Waals surface area (Å²) in [6, 6.07) is 6.18. The number of rotatable bonds is 3. The summed E-state index contributed by atoms with van der Waals surface area (Å²) in [6.45, 7) is 4.37. The minimum atomic E-state index is -0.0445. The molecule has 1 aromatic carbocycles. The van der Waals surface area contributed by atoms with Crippen molar-refractivity contribution in [3.05, 3.63) is 35.4 Å². The molecule has 0 radical (unpaired) electrons. The lowest BCUT2D eigenvalue weighted by Gasteiger charge is -2.36. The van der Waals surface area contributed by atoms with Crippen LogP contribution in [-0.2, 0) is 11.2 Å². The molecule has 1 saturated carbocycles. The molecule has 0 aromatic heterocycles. The number of fused-ring (bicyclic) bond motifs is 1. The summed E-state index contributed by atoms with van der Waals surface area (Å²) in [6.07, 6.45) is 9.79. The Balaban J connectivity index is 1.92. The summed E-state index contributed by atoms with van der Waals surface area (Å²) in [7, 11) is 1.68. The van der Waals surface area contributed by atoms with E-state index in [1.807, 2.05) is 18.2 Å². The number of ether oxygens (including phenoxy) is 1. The number of carbonyl (C=O) groups excluding carboxylic acids is 1. The Morgan fingerprint density at radius 2 is 1.92 bits per heavy atom. The molecule has 0 unspecified atom stereocenters. The van der Waals surface area contributed by atoms with Crippen molar-refractivity contribution in [1.82, 2.24) is 5.32 Å². The number of methoxy groups -OCH3 is 1. The average molecular weight is 327 g/mol. The standard InChI is InChI=1S/C21H29NO2/c1-21(2)14-16-10-11-17(24-3)12-18(16)19(22-21)13-20(23)15-8-6-4-5-7-9-15/h10-13,15,22H,4-9,14H2,1-3H3/b19-13-. The molecule has 0 saturated heterocycles. The highest BCUT2D eigenvalue weighted by Gasteiger charge is 2.29. The predicted octanol–water partition coefficient (Wildman–Crippen LogP) is 4.50. The minimum absolute atomic E-state index is 0.0445. The van der Waals surface area contributed by atoms with Crippen LogP contribution >= 0.6 is 0 Å². The average Bonchev–Trinajstić information content (AvgIpc) is 2.83. The largest absolute Gasteiger partial charge is 0.497 e. The van der Waals surface area contributed by atoms with Gasteiger partial charge in [-0.2, -0.15) is 0 Å². The molecule has 3 heteroatoms. The molecule has 3 nitrogen and oxygen atoms in total. The lowest BCUT2D eigenvalue weighted by atomic mass is 9.84. The number of carbonyl (C=O) groups is 1. The molecule has 0 bridgehead atoms. The van der Waals surface area contributed by atoms with Crippen LogP contribution in [0.25, 0.3) is 5.70 Å². The summed E-state index contributed by atoms with van der Waals surface area (Å²) in [5.74, 6) is 1.31. The summed E-state index contributed by atoms with van der Waals surface area (Å²) in [5, 5.41) is 3.57. The maximum absolute atomic E-state index is 12.8. The van der Waals surface area contributed by atoms with Crippen molar-refractivity contribution in [2.45, 2.75) is 64.3 Å². The van der Waals surface area contributed by atoms with Crippen molar-refractivity contribution in [3.8, 4) is 5.75 Å². The van der Waals surface area contributed by atoms with Gasteiger partial charge in [0.15, 0.2) is 5.78 Å². The smallest absolute Gasteiger partial charge is 0.160 e. The van der Waals surface area contributed by atoms with Gasteiger partial charge in [0.2, 0.25) is 0 Å². The van der Waals surface area contributed by atoms with E-state index in [9.17, 15) is 4.79 Å². The summed E-state index contributed by atoms with van der Waals surface area (Å²) < 4.78 is 5.38. The Morgan fingerprint density at radius 1 is 1.21 bits per heavy atom. The van der Waals surface area contributed by atoms with Gasteiger partial charge in [0, 0.05) is 28.8 Å². The van der Waals surface area contributed by atoms with Crippen LogP contribution < -0.4 is 10.1 Å². The highest BCUT2D eigenvalue weighted by atomic mass is 16.5. The van der Waals surface area contributed by atoms with Crippen molar-refractivity contribution >= 4 is 11.5 Å². The molecule has 1 aromatic rings. The third kappa shape index (κ3) is 3.82. The van der Waals surface area contributed by atoms with Gasteiger partial charge in [-0.3, -0.25) is 4.79 Å². The fourth-order valence-corrected chi connectivity index (χ4v) is 3.98. The molecule has 130 valence electrons. The topological polar surface area (TPSA) is 38.3 Å². The van der Waals surface area contributed by atoms with E-state index in [2.05, 4.69) is 25.2 Å². The maximum Gasteiger partial charge on any atom is 0.160 e. The zero-order valence-electron chi connectivity index (χ0n) is 15.2. The van der Waals surface area contributed by atoms with Crippen LogP contribution in [0.3, 0.4) is 0 Å². The summed E-state index contributed by atoms with van der Waals surface area (Å²) in [5.41, 5.74) is 3.29. The number of hydrogen-bond acceptors (Lipinski definition) is 3. The van der Waals surface area contributed by atoms with E-state index in [0.29, 0.717) is 0 Å². The second kappa shape index (κ2) is 7.00. The summed E-state index contributed by atoms with van der Waals surface area (Å²) >= 11 is 0. The highest BCUT2D eigenvalue weighted by Crippen LogP contribution is 2.33. The first-order valence-electron chi connectivity index (χ1n) is 9.19. The van der Waals surface area contributed by atoms with Crippen molar-refractivity contribution in [2.24, 2.45) is 5.92 Å². The van der Waals surface area contributed by atoms with Gasteiger partial charge in [-0.25, -0.2) is 0 Å². The third-order valence-corrected chi connectivity index (χ3v) is 5.26. The van der Waals surface area contributed by atoms with Crippen molar-refractivity contribution < 1.29 is 9.53 Å². The van der Waals surface area contributed by atoms with E-state index in [1.165, 1.54) is 31.2 Å². The lowest BCUT2D eigenvalue weighted by Crippen LogP contribution is -2.44. The van der Waals surface area contributed by atoms with E-state index in [-0.39, 0.29) is 17.2 Å². The molecule has 1 aliphatic heterocycles. The molecular weight excluding hydrogens is 298 g/mol. The summed E-state index contributed by atoms with van der Waals surface area (Å²) in [4.78, 5) is 12.8. The van der Waals surface area contributed by atoms with Crippen molar-refractivity contribution in [1.29, 1.82) is 0 Å². The molecule has 0 spiro atoms. The van der Waals surface area contributed by atoms with Gasteiger partial charge in [-0.1, -0.05) is 31.7 Å². The Morgan fingerprint density at radius 3 is 2.58 bits per heavy atom. The Kier molecular flexibility index (Phi) is 4.98. The number of nitrogens with one attached hydrogen (secondary N) is 1. The molecule has 0 amide bonds. The fraction of sp³-hybridized carbons (Fsp3) is 0.571. The van der Waals surface area contributed by atoms with Gasteiger partial charge in [-0.05, 0) is 50.8 Å². The first-order valence-corrected chi connectivity index (χ1v) is 9.19. The van der Waals surface area contributed by atoms with Crippen LogP contribution in [-0.4, -0.2) is 18.4 Å². The molecule has 1 N–H and O–H groups in total. The van der Waals surface area contributed by atoms with Crippen molar-refractivity contribution in [2.75, 3.05) is 7.11 Å². The van der Waals surface area contributed by atoms with Crippen LogP contribution in [0.5, 0.6) is 5.75 Å². The molecule has 2 aliphatic rings. The van der Waals surface area contributed by atoms with E-state index in [4.69, 9.17) is 4.74 Å². The van der Waals surface area contributed by atoms with Crippen LogP contribution in [0.4, 0.5) is 0 Å². The molecule has 1 heterocycles. The van der Waals surface area contributed by atoms with Gasteiger partial charge < -0.3 is 10.1 Å². The zero-order valence-corrected chi connectivity index (χ0v) is 15.2. The lowest BCUT2D eigenvalue weighted by molar-refractivity contribution is -0.118. The maximum atomic E-state index is 12.8. The first-order chi connectivity index (χ1) is 11.5. The second-order valence-corrected chi connectivity index (χ2v) is 7.86. The number of benzene rings is 1. The van der Waals surface area contributed by atoms with Crippen LogP contribution in [0.15, 0.2) is 24.3 Å². The van der Waals surface area contributed by atoms with Crippen molar-refractivity contribution in [3.63, 3.8) is 0 Å². The van der Waals surface area contributed by atoms with E-state index in [0.717, 1.165) is 36.3 Å². The number of allylic oxidation sites excluding steroid dienone is 1. The van der Waals surface area contributed by atoms with Gasteiger partial charge in [0.1, 0.15) is 5.75 Å². The van der Waals surface area contributed by atoms with E-state index < -0.39 is 0 Å². The molecule has 0 atom stereocenters. The molecule has 3 rings (SSSR count). The normalized spacial score (nSPS) is 22.4. The number of ketones is 1. The zero-order chi connectivity index (χ0) is 17.2. The van der Waals surface area contributed by atoms with Crippen LogP contribution in [0, 0.1) is 5.92 Å². The highest BCUT2D eigenvalue weighted by molar-refractivity contribution is 5.98. The number of hydrogen-bond donors (Lipinski definition) is 1. The molecular formula is C21H29NO2. The fourth-order valence-electron chi connectivity index (χ4n) is 3.98. The van der Waals surface area contributed by atoms with Crippen LogP contribution in [0.1, 0.15) is 63.5 Å². The second-order valence-electron chi connectivity index (χ2n) is 7.86. The Bertz CT molecular complexity index is 637. The molecule has 1 fully saturated rings. The van der Waals surface area contributed by atoms with E-state index >= 15 is 0 Å². The first kappa shape index (κ1) is 17.1. The predicted molar refractivity (Wildman–Crippen MR) is 98.1 cm³/mol. The molecule has 1 aliphatic carbocycles. The molecule has 24 heavy (non-hydrogen) atoms. The Hall–Kier alpha value is -1.77. The van der Waals surface area contributed by atoms with Gasteiger partial charge >= 0.3 is 0 Å². The SMILES string of the molecule is COc1ccc2c(c1)/C(=C/C(=O)C1CCCCCC1)NC(C)(C)C2. The van der Waals surface area contributed by atoms with Crippen LogP contribution in [0.2, 0.25) is 0 Å². The minimum Gasteiger partial charge on any atom is -0.497 e. The van der Waals surface area contributed by atoms with Gasteiger partial charge in [-0.15, -0.1) is 0 Å². The Labute approximate surface area is 145 Å². The monoisotopic (exact) mass is 327 g/mol. The quantitative estimate of drug-likeness (QED) is 0.656. The third-order valence-electron chi connectivity index (χ3n) is 5.26.